The molecule has 2 rings (SSSR count). The van der Waals surface area contributed by atoms with Crippen molar-refractivity contribution in [3.63, 3.8) is 0 Å². The molecule has 2 heterocycles. The molecule has 0 bridgehead atoms. The summed E-state index contributed by atoms with van der Waals surface area (Å²) < 4.78 is 5.07. The van der Waals surface area contributed by atoms with Gasteiger partial charge in [-0.1, -0.05) is 0 Å². The Labute approximate surface area is 202 Å². The Hall–Kier alpha value is -1.73. The zero-order valence-corrected chi connectivity index (χ0v) is 21.2. The van der Waals surface area contributed by atoms with Crippen LogP contribution in [0.25, 0.3) is 0 Å². The second kappa shape index (κ2) is 16.0. The quantitative estimate of drug-likeness (QED) is 0.176. The van der Waals surface area contributed by atoms with Crippen LogP contribution in [0.3, 0.4) is 0 Å². The first-order chi connectivity index (χ1) is 14.6. The van der Waals surface area contributed by atoms with Gasteiger partial charge in [0.1, 0.15) is 0 Å². The van der Waals surface area contributed by atoms with E-state index in [1.54, 1.807) is 32.6 Å². The second-order valence-corrected chi connectivity index (χ2v) is 7.24. The number of halogens is 1. The van der Waals surface area contributed by atoms with E-state index in [4.69, 9.17) is 4.74 Å². The van der Waals surface area contributed by atoms with Crippen molar-refractivity contribution in [3.8, 4) is 0 Å². The molecule has 0 unspecified atom stereocenters. The summed E-state index contributed by atoms with van der Waals surface area (Å²) in [6.07, 6.45) is 4.95. The van der Waals surface area contributed by atoms with Crippen molar-refractivity contribution < 1.29 is 9.53 Å². The molecule has 0 atom stereocenters. The molecule has 1 fully saturated rings. The predicted molar refractivity (Wildman–Crippen MR) is 134 cm³/mol. The highest BCUT2D eigenvalue weighted by atomic mass is 127. The number of piperazine rings is 1. The number of nitrogens with one attached hydrogen (secondary N) is 2. The molecule has 0 spiro atoms. The highest BCUT2D eigenvalue weighted by Crippen LogP contribution is 2.10. The Kier molecular flexibility index (Phi) is 14.1. The van der Waals surface area contributed by atoms with Gasteiger partial charge in [0.2, 0.25) is 11.9 Å². The summed E-state index contributed by atoms with van der Waals surface area (Å²) in [5, 5.41) is 6.51. The first-order valence-electron chi connectivity index (χ1n) is 10.6. The fraction of sp³-hybridized carbons (Fsp3) is 0.700. The Morgan fingerprint density at radius 2 is 1.84 bits per heavy atom. The maximum atomic E-state index is 12.5. The van der Waals surface area contributed by atoms with Gasteiger partial charge in [-0.2, -0.15) is 0 Å². The van der Waals surface area contributed by atoms with Gasteiger partial charge in [-0.3, -0.25) is 9.79 Å². The monoisotopic (exact) mass is 548 g/mol. The molecule has 1 aromatic heterocycles. The lowest BCUT2D eigenvalue weighted by molar-refractivity contribution is -0.131. The van der Waals surface area contributed by atoms with E-state index in [1.807, 2.05) is 4.90 Å². The summed E-state index contributed by atoms with van der Waals surface area (Å²) in [4.78, 5) is 31.5. The molecular formula is C20H37IN8O2. The molecule has 1 aliphatic rings. The van der Waals surface area contributed by atoms with E-state index in [1.165, 1.54) is 0 Å². The number of hydrogen-bond donors (Lipinski definition) is 2. The van der Waals surface area contributed by atoms with Crippen LogP contribution < -0.4 is 15.5 Å². The summed E-state index contributed by atoms with van der Waals surface area (Å²) in [6, 6.07) is 1.81. The van der Waals surface area contributed by atoms with Crippen LogP contribution in [0.1, 0.15) is 12.8 Å². The normalized spacial score (nSPS) is 14.4. The minimum atomic E-state index is 0. The first kappa shape index (κ1) is 27.3. The molecule has 1 amide bonds. The van der Waals surface area contributed by atoms with Crippen molar-refractivity contribution in [1.29, 1.82) is 0 Å². The molecule has 0 aliphatic carbocycles. The second-order valence-electron chi connectivity index (χ2n) is 7.24. The Balaban J connectivity index is 0.00000480. The van der Waals surface area contributed by atoms with Gasteiger partial charge >= 0.3 is 0 Å². The molecular weight excluding hydrogens is 511 g/mol. The largest absolute Gasteiger partial charge is 0.385 e. The van der Waals surface area contributed by atoms with Crippen LogP contribution in [0.15, 0.2) is 23.5 Å². The Bertz CT molecular complexity index is 641. The lowest BCUT2D eigenvalue weighted by Crippen LogP contribution is -2.50. The molecule has 2 N–H and O–H groups in total. The number of nitrogens with zero attached hydrogens (tertiary/aromatic N) is 6. The van der Waals surface area contributed by atoms with Crippen molar-refractivity contribution in [2.45, 2.75) is 12.8 Å². The number of carbonyl (C=O) groups is 1. The Morgan fingerprint density at radius 1 is 1.16 bits per heavy atom. The predicted octanol–water partition coefficient (Wildman–Crippen LogP) is 0.267. The summed E-state index contributed by atoms with van der Waals surface area (Å²) in [5.74, 6) is 1.61. The first-order valence-corrected chi connectivity index (χ1v) is 10.6. The Morgan fingerprint density at radius 3 is 2.48 bits per heavy atom. The van der Waals surface area contributed by atoms with E-state index in [0.717, 1.165) is 57.7 Å². The van der Waals surface area contributed by atoms with Gasteiger partial charge in [0.05, 0.1) is 0 Å². The fourth-order valence-corrected chi connectivity index (χ4v) is 3.23. The highest BCUT2D eigenvalue weighted by Gasteiger charge is 2.22. The number of rotatable bonds is 11. The molecule has 0 saturated carbocycles. The van der Waals surface area contributed by atoms with Gasteiger partial charge in [-0.25, -0.2) is 9.97 Å². The van der Waals surface area contributed by atoms with E-state index in [2.05, 4.69) is 42.4 Å². The number of ether oxygens (including phenoxy) is 1. The zero-order chi connectivity index (χ0) is 21.6. The van der Waals surface area contributed by atoms with Gasteiger partial charge < -0.3 is 30.1 Å². The molecule has 0 radical (unpaired) electrons. The summed E-state index contributed by atoms with van der Waals surface area (Å²) in [7, 11) is 5.56. The van der Waals surface area contributed by atoms with Gasteiger partial charge in [0, 0.05) is 91.9 Å². The number of carbonyl (C=O) groups excluding carboxylic acids is 1. The molecule has 0 aromatic carbocycles. The third-order valence-electron chi connectivity index (χ3n) is 5.00. The van der Waals surface area contributed by atoms with Gasteiger partial charge in [-0.15, -0.1) is 24.0 Å². The molecule has 10 nitrogen and oxygen atoms in total. The number of guanidine groups is 1. The van der Waals surface area contributed by atoms with Gasteiger partial charge in [0.15, 0.2) is 5.96 Å². The SMILES string of the molecule is CN=C(NCCC(=O)N1CCN(c2ncccn2)CC1)NCCN(C)CCCOC.I. The van der Waals surface area contributed by atoms with E-state index in [-0.39, 0.29) is 29.9 Å². The van der Waals surface area contributed by atoms with Crippen molar-refractivity contribution in [2.24, 2.45) is 4.99 Å². The highest BCUT2D eigenvalue weighted by molar-refractivity contribution is 14.0. The number of aromatic nitrogens is 2. The van der Waals surface area contributed by atoms with Crippen LogP contribution in [0.2, 0.25) is 0 Å². The van der Waals surface area contributed by atoms with Crippen LogP contribution in [0.5, 0.6) is 0 Å². The molecule has 1 aliphatic heterocycles. The van der Waals surface area contributed by atoms with Crippen LogP contribution in [-0.2, 0) is 9.53 Å². The maximum absolute atomic E-state index is 12.5. The van der Waals surface area contributed by atoms with E-state index < -0.39 is 0 Å². The van der Waals surface area contributed by atoms with Gasteiger partial charge in [0.25, 0.3) is 0 Å². The average Bonchev–Trinajstić information content (AvgIpc) is 2.79. The van der Waals surface area contributed by atoms with Crippen molar-refractivity contribution in [3.05, 3.63) is 18.5 Å². The molecule has 31 heavy (non-hydrogen) atoms. The van der Waals surface area contributed by atoms with Crippen molar-refractivity contribution in [2.75, 3.05) is 85.1 Å². The molecule has 1 aromatic rings. The topological polar surface area (TPSA) is 98.2 Å². The van der Waals surface area contributed by atoms with Crippen LogP contribution in [0.4, 0.5) is 5.95 Å². The van der Waals surface area contributed by atoms with Crippen molar-refractivity contribution >= 4 is 41.8 Å². The minimum absolute atomic E-state index is 0. The number of likely N-dealkylation sites (N-methyl/N-ethyl adjacent to an activating group) is 1. The average molecular weight is 548 g/mol. The van der Waals surface area contributed by atoms with Crippen LogP contribution in [0, 0.1) is 0 Å². The van der Waals surface area contributed by atoms with E-state index in [0.29, 0.717) is 26.1 Å². The minimum Gasteiger partial charge on any atom is -0.385 e. The number of amides is 1. The van der Waals surface area contributed by atoms with Crippen LogP contribution >= 0.6 is 24.0 Å². The molecule has 176 valence electrons. The van der Waals surface area contributed by atoms with E-state index >= 15 is 0 Å². The number of anilines is 1. The maximum Gasteiger partial charge on any atom is 0.225 e. The van der Waals surface area contributed by atoms with Crippen molar-refractivity contribution in [1.82, 2.24) is 30.4 Å². The summed E-state index contributed by atoms with van der Waals surface area (Å²) >= 11 is 0. The zero-order valence-electron chi connectivity index (χ0n) is 18.9. The van der Waals surface area contributed by atoms with Crippen LogP contribution in [-0.4, -0.2) is 112 Å². The number of hydrogen-bond acceptors (Lipinski definition) is 7. The lowest BCUT2D eigenvalue weighted by atomic mass is 10.3. The summed E-state index contributed by atoms with van der Waals surface area (Å²) in [6.45, 7) is 6.95. The fourth-order valence-electron chi connectivity index (χ4n) is 3.23. The lowest BCUT2D eigenvalue weighted by Gasteiger charge is -2.34. The van der Waals surface area contributed by atoms with E-state index in [9.17, 15) is 4.79 Å². The summed E-state index contributed by atoms with van der Waals surface area (Å²) in [5.41, 5.74) is 0. The smallest absolute Gasteiger partial charge is 0.225 e. The molecule has 1 saturated heterocycles. The third kappa shape index (κ3) is 10.4. The molecule has 11 heteroatoms. The third-order valence-corrected chi connectivity index (χ3v) is 5.00. The standard InChI is InChI=1S/C20H36N8O2.HI/c1-21-19(23-10-12-26(2)11-5-17-30-3)22-9-6-18(29)27-13-15-28(16-14-27)20-24-7-4-8-25-20;/h4,7-8H,5-6,9-17H2,1-3H3,(H2,21,22,23);1H. The van der Waals surface area contributed by atoms with Gasteiger partial charge in [-0.05, 0) is 19.5 Å². The number of methoxy groups -OCH3 is 1. The number of aliphatic imine (C=N–C) groups is 1.